The van der Waals surface area contributed by atoms with Crippen molar-refractivity contribution in [3.05, 3.63) is 24.3 Å². The lowest BCUT2D eigenvalue weighted by molar-refractivity contribution is 0.198. The number of hydrogen-bond donors (Lipinski definition) is 2. The van der Waals surface area contributed by atoms with Crippen LogP contribution in [0.1, 0.15) is 26.2 Å². The van der Waals surface area contributed by atoms with Gasteiger partial charge in [0.25, 0.3) is 0 Å². The van der Waals surface area contributed by atoms with Gasteiger partial charge in [0.2, 0.25) is 0 Å². The third-order valence-electron chi connectivity index (χ3n) is 1.69. The molecule has 0 aliphatic heterocycles. The van der Waals surface area contributed by atoms with Crippen molar-refractivity contribution < 1.29 is 10.2 Å². The minimum absolute atomic E-state index is 0.100. The number of aliphatic hydroxyl groups is 2. The van der Waals surface area contributed by atoms with E-state index in [1.165, 1.54) is 0 Å². The Bertz CT molecular complexity index is 150. The molecule has 1 unspecified atom stereocenters. The maximum absolute atomic E-state index is 9.31. The molecule has 70 valence electrons. The predicted molar refractivity (Wildman–Crippen MR) is 50.9 cm³/mol. The Morgan fingerprint density at radius 2 is 2.17 bits per heavy atom. The van der Waals surface area contributed by atoms with Crippen molar-refractivity contribution in [3.8, 4) is 0 Å². The summed E-state index contributed by atoms with van der Waals surface area (Å²) < 4.78 is 0. The molecule has 0 aromatic heterocycles. The van der Waals surface area contributed by atoms with E-state index >= 15 is 0 Å². The second kappa shape index (κ2) is 7.07. The van der Waals surface area contributed by atoms with Crippen LogP contribution in [-0.4, -0.2) is 22.9 Å². The summed E-state index contributed by atoms with van der Waals surface area (Å²) in [6.07, 6.45) is 5.87. The number of hydrogen-bond acceptors (Lipinski definition) is 2. The van der Waals surface area contributed by atoms with E-state index in [1.54, 1.807) is 6.08 Å². The van der Waals surface area contributed by atoms with Crippen molar-refractivity contribution in [2.45, 2.75) is 32.3 Å². The molecule has 0 radical (unpaired) electrons. The summed E-state index contributed by atoms with van der Waals surface area (Å²) in [5, 5.41) is 17.7. The maximum atomic E-state index is 9.31. The van der Waals surface area contributed by atoms with E-state index in [-0.39, 0.29) is 12.7 Å². The van der Waals surface area contributed by atoms with E-state index < -0.39 is 0 Å². The zero-order valence-electron chi connectivity index (χ0n) is 7.66. The summed E-state index contributed by atoms with van der Waals surface area (Å²) in [6.45, 7) is 5.59. The lowest BCUT2D eigenvalue weighted by atomic mass is 10.1. The van der Waals surface area contributed by atoms with Gasteiger partial charge < -0.3 is 10.2 Å². The van der Waals surface area contributed by atoms with Gasteiger partial charge in [0.15, 0.2) is 0 Å². The van der Waals surface area contributed by atoms with E-state index in [4.69, 9.17) is 5.11 Å². The molecule has 2 heteroatoms. The molecular formula is C10H18O2. The third kappa shape index (κ3) is 6.13. The summed E-state index contributed by atoms with van der Waals surface area (Å²) in [6, 6.07) is 0. The van der Waals surface area contributed by atoms with Crippen molar-refractivity contribution in [2.24, 2.45) is 0 Å². The van der Waals surface area contributed by atoms with Gasteiger partial charge in [0, 0.05) is 0 Å². The molecule has 0 saturated heterocycles. The van der Waals surface area contributed by atoms with E-state index in [0.717, 1.165) is 24.8 Å². The van der Waals surface area contributed by atoms with E-state index in [1.807, 2.05) is 13.0 Å². The molecule has 0 spiro atoms. The van der Waals surface area contributed by atoms with E-state index in [2.05, 4.69) is 6.58 Å². The van der Waals surface area contributed by atoms with Crippen LogP contribution < -0.4 is 0 Å². The van der Waals surface area contributed by atoms with Gasteiger partial charge in [0.05, 0.1) is 12.7 Å². The molecule has 0 aromatic carbocycles. The highest BCUT2D eigenvalue weighted by Gasteiger charge is 2.01. The second-order valence-electron chi connectivity index (χ2n) is 2.95. The Morgan fingerprint density at radius 1 is 1.50 bits per heavy atom. The number of unbranched alkanes of at least 4 members (excludes halogenated alkanes) is 1. The largest absolute Gasteiger partial charge is 0.392 e. The molecule has 0 saturated carbocycles. The van der Waals surface area contributed by atoms with Crippen molar-refractivity contribution in [3.63, 3.8) is 0 Å². The molecule has 0 fully saturated rings. The topological polar surface area (TPSA) is 40.5 Å². The lowest BCUT2D eigenvalue weighted by Crippen LogP contribution is -2.06. The first-order valence-corrected chi connectivity index (χ1v) is 4.27. The number of rotatable bonds is 6. The molecular weight excluding hydrogens is 152 g/mol. The average molecular weight is 170 g/mol. The molecule has 0 aromatic rings. The van der Waals surface area contributed by atoms with Gasteiger partial charge in [-0.2, -0.15) is 0 Å². The van der Waals surface area contributed by atoms with Crippen molar-refractivity contribution in [1.29, 1.82) is 0 Å². The molecule has 2 N–H and O–H groups in total. The highest BCUT2D eigenvalue weighted by atomic mass is 16.3. The Morgan fingerprint density at radius 3 is 2.67 bits per heavy atom. The Balaban J connectivity index is 3.31. The minimum atomic E-state index is -0.368. The van der Waals surface area contributed by atoms with Crippen LogP contribution in [0.5, 0.6) is 0 Å². The van der Waals surface area contributed by atoms with Gasteiger partial charge in [-0.1, -0.05) is 24.3 Å². The quantitative estimate of drug-likeness (QED) is 0.470. The van der Waals surface area contributed by atoms with Gasteiger partial charge >= 0.3 is 0 Å². The van der Waals surface area contributed by atoms with Gasteiger partial charge in [-0.25, -0.2) is 0 Å². The van der Waals surface area contributed by atoms with Crippen molar-refractivity contribution >= 4 is 0 Å². The maximum Gasteiger partial charge on any atom is 0.0744 e. The fourth-order valence-corrected chi connectivity index (χ4v) is 0.868. The molecule has 2 nitrogen and oxygen atoms in total. The standard InChI is InChI=1S/C10H18O2/c1-9(2)10(12)7-5-3-4-6-8-11/h4,6,10-12H,1,3,5,7-8H2,2H3/b6-4+. The molecule has 1 atom stereocenters. The van der Waals surface area contributed by atoms with Crippen LogP contribution in [0.4, 0.5) is 0 Å². The smallest absolute Gasteiger partial charge is 0.0744 e. The normalized spacial score (nSPS) is 13.6. The van der Waals surface area contributed by atoms with Crippen LogP contribution in [0.15, 0.2) is 24.3 Å². The molecule has 0 rings (SSSR count). The highest BCUT2D eigenvalue weighted by Crippen LogP contribution is 2.07. The minimum Gasteiger partial charge on any atom is -0.392 e. The van der Waals surface area contributed by atoms with Gasteiger partial charge in [0.1, 0.15) is 0 Å². The molecule has 0 amide bonds. The van der Waals surface area contributed by atoms with E-state index in [0.29, 0.717) is 0 Å². The summed E-state index contributed by atoms with van der Waals surface area (Å²) in [4.78, 5) is 0. The highest BCUT2D eigenvalue weighted by molar-refractivity contribution is 4.96. The van der Waals surface area contributed by atoms with Crippen LogP contribution in [0.2, 0.25) is 0 Å². The summed E-state index contributed by atoms with van der Waals surface area (Å²) in [7, 11) is 0. The Kier molecular flexibility index (Phi) is 6.72. The first-order valence-electron chi connectivity index (χ1n) is 4.27. The first-order chi connectivity index (χ1) is 5.68. The monoisotopic (exact) mass is 170 g/mol. The molecule has 0 bridgehead atoms. The molecule has 0 aliphatic carbocycles. The zero-order valence-corrected chi connectivity index (χ0v) is 7.66. The molecule has 12 heavy (non-hydrogen) atoms. The number of aliphatic hydroxyl groups excluding tert-OH is 2. The fraction of sp³-hybridized carbons (Fsp3) is 0.600. The Labute approximate surface area is 74.2 Å². The second-order valence-corrected chi connectivity index (χ2v) is 2.95. The average Bonchev–Trinajstić information content (AvgIpc) is 2.03. The van der Waals surface area contributed by atoms with Crippen LogP contribution in [0.3, 0.4) is 0 Å². The van der Waals surface area contributed by atoms with Crippen LogP contribution in [0.25, 0.3) is 0 Å². The summed E-state index contributed by atoms with van der Waals surface area (Å²) in [5.74, 6) is 0. The molecule has 0 aliphatic rings. The van der Waals surface area contributed by atoms with Gasteiger partial charge in [-0.3, -0.25) is 0 Å². The predicted octanol–water partition coefficient (Wildman–Crippen LogP) is 1.64. The summed E-state index contributed by atoms with van der Waals surface area (Å²) >= 11 is 0. The fourth-order valence-electron chi connectivity index (χ4n) is 0.868. The van der Waals surface area contributed by atoms with Crippen LogP contribution in [0, 0.1) is 0 Å². The van der Waals surface area contributed by atoms with E-state index in [9.17, 15) is 5.11 Å². The Hall–Kier alpha value is -0.600. The van der Waals surface area contributed by atoms with Crippen molar-refractivity contribution in [1.82, 2.24) is 0 Å². The lowest BCUT2D eigenvalue weighted by Gasteiger charge is -2.07. The van der Waals surface area contributed by atoms with Crippen LogP contribution in [-0.2, 0) is 0 Å². The van der Waals surface area contributed by atoms with Crippen molar-refractivity contribution in [2.75, 3.05) is 6.61 Å². The zero-order chi connectivity index (χ0) is 9.40. The summed E-state index contributed by atoms with van der Waals surface area (Å²) in [5.41, 5.74) is 0.820. The van der Waals surface area contributed by atoms with Gasteiger partial charge in [-0.15, -0.1) is 0 Å². The van der Waals surface area contributed by atoms with Gasteiger partial charge in [-0.05, 0) is 26.2 Å². The van der Waals surface area contributed by atoms with Crippen LogP contribution >= 0.6 is 0 Å². The molecule has 0 heterocycles. The first kappa shape index (κ1) is 11.4. The number of allylic oxidation sites excluding steroid dienone is 1. The third-order valence-corrected chi connectivity index (χ3v) is 1.69. The SMILES string of the molecule is C=C(C)C(O)CCC/C=C/CO.